The number of ether oxygens (including phenoxy) is 1. The van der Waals surface area contributed by atoms with E-state index in [2.05, 4.69) is 12.2 Å². The van der Waals surface area contributed by atoms with Gasteiger partial charge >= 0.3 is 0 Å². The second kappa shape index (κ2) is 5.48. The van der Waals surface area contributed by atoms with Gasteiger partial charge in [-0.05, 0) is 40.5 Å². The van der Waals surface area contributed by atoms with Crippen molar-refractivity contribution in [1.82, 2.24) is 5.32 Å². The number of aliphatic hydroxyl groups excluding tert-OH is 1. The molecule has 0 aromatic rings. The molecule has 3 heteroatoms. The van der Waals surface area contributed by atoms with Crippen LogP contribution < -0.4 is 5.32 Å². The number of hydrogen-bond acceptors (Lipinski definition) is 3. The van der Waals surface area contributed by atoms with Crippen molar-refractivity contribution in [2.24, 2.45) is 0 Å². The van der Waals surface area contributed by atoms with E-state index in [1.165, 1.54) is 25.7 Å². The summed E-state index contributed by atoms with van der Waals surface area (Å²) >= 11 is 0. The summed E-state index contributed by atoms with van der Waals surface area (Å²) in [6.07, 6.45) is 4.65. The fourth-order valence-electron chi connectivity index (χ4n) is 2.10. The van der Waals surface area contributed by atoms with Gasteiger partial charge in [0.25, 0.3) is 0 Å². The average Bonchev–Trinajstić information content (AvgIpc) is 2.59. The Morgan fingerprint density at radius 1 is 1.31 bits per heavy atom. The number of aliphatic hydroxyl groups is 1. The van der Waals surface area contributed by atoms with Crippen LogP contribution in [-0.2, 0) is 4.74 Å². The molecule has 0 aliphatic heterocycles. The van der Waals surface area contributed by atoms with E-state index in [0.717, 1.165) is 0 Å². The van der Waals surface area contributed by atoms with E-state index >= 15 is 0 Å². The summed E-state index contributed by atoms with van der Waals surface area (Å²) in [7, 11) is 0. The van der Waals surface area contributed by atoms with E-state index in [1.807, 2.05) is 20.8 Å². The fraction of sp³-hybridized carbons (Fsp3) is 1.00. The van der Waals surface area contributed by atoms with Gasteiger partial charge in [-0.3, -0.25) is 0 Å². The molecule has 16 heavy (non-hydrogen) atoms. The van der Waals surface area contributed by atoms with Gasteiger partial charge in [0.1, 0.15) is 0 Å². The summed E-state index contributed by atoms with van der Waals surface area (Å²) in [5.74, 6) is 0. The highest BCUT2D eigenvalue weighted by molar-refractivity contribution is 4.88. The van der Waals surface area contributed by atoms with Crippen LogP contribution in [0.15, 0.2) is 0 Å². The van der Waals surface area contributed by atoms with Crippen molar-refractivity contribution in [3.8, 4) is 0 Å². The molecule has 0 bridgehead atoms. The van der Waals surface area contributed by atoms with E-state index in [-0.39, 0.29) is 11.1 Å². The van der Waals surface area contributed by atoms with Crippen LogP contribution in [0.3, 0.4) is 0 Å². The Bertz CT molecular complexity index is 204. The van der Waals surface area contributed by atoms with Gasteiger partial charge in [-0.15, -0.1) is 0 Å². The van der Waals surface area contributed by atoms with Gasteiger partial charge in [0.05, 0.1) is 18.3 Å². The molecule has 2 N–H and O–H groups in total. The van der Waals surface area contributed by atoms with Crippen molar-refractivity contribution in [2.45, 2.75) is 70.6 Å². The molecule has 0 amide bonds. The third-order valence-electron chi connectivity index (χ3n) is 3.18. The Hall–Kier alpha value is -0.120. The maximum absolute atomic E-state index is 9.80. The zero-order chi connectivity index (χ0) is 12.2. The van der Waals surface area contributed by atoms with E-state index in [1.54, 1.807) is 0 Å². The topological polar surface area (TPSA) is 41.5 Å². The van der Waals surface area contributed by atoms with Crippen molar-refractivity contribution in [1.29, 1.82) is 0 Å². The van der Waals surface area contributed by atoms with Gasteiger partial charge < -0.3 is 15.2 Å². The van der Waals surface area contributed by atoms with Gasteiger partial charge in [-0.2, -0.15) is 0 Å². The second-order valence-corrected chi connectivity index (χ2v) is 6.23. The molecule has 1 saturated carbocycles. The smallest absolute Gasteiger partial charge is 0.0898 e. The van der Waals surface area contributed by atoms with Gasteiger partial charge in [-0.1, -0.05) is 12.8 Å². The number of β-amino-alcohol motifs (C(OH)–C–C–N with tert-alkyl or cyclic N) is 1. The Kier molecular flexibility index (Phi) is 4.77. The van der Waals surface area contributed by atoms with Gasteiger partial charge in [0, 0.05) is 12.1 Å². The van der Waals surface area contributed by atoms with Crippen LogP contribution in [0.4, 0.5) is 0 Å². The predicted octanol–water partition coefficient (Wildman–Crippen LogP) is 2.08. The average molecular weight is 229 g/mol. The summed E-state index contributed by atoms with van der Waals surface area (Å²) in [6, 6.07) is 0. The minimum atomic E-state index is -0.406. The molecule has 96 valence electrons. The lowest BCUT2D eigenvalue weighted by atomic mass is 10.0. The first kappa shape index (κ1) is 13.9. The van der Waals surface area contributed by atoms with Gasteiger partial charge in [-0.25, -0.2) is 0 Å². The summed E-state index contributed by atoms with van der Waals surface area (Å²) in [4.78, 5) is 0. The first-order chi connectivity index (χ1) is 7.31. The van der Waals surface area contributed by atoms with E-state index < -0.39 is 6.10 Å². The van der Waals surface area contributed by atoms with Crippen molar-refractivity contribution in [3.63, 3.8) is 0 Å². The third kappa shape index (κ3) is 5.28. The highest BCUT2D eigenvalue weighted by Gasteiger charge is 2.28. The van der Waals surface area contributed by atoms with Crippen LogP contribution in [-0.4, -0.2) is 35.5 Å². The molecule has 1 unspecified atom stereocenters. The minimum absolute atomic E-state index is 0.168. The zero-order valence-electron chi connectivity index (χ0n) is 11.2. The third-order valence-corrected chi connectivity index (χ3v) is 3.18. The van der Waals surface area contributed by atoms with Crippen molar-refractivity contribution in [3.05, 3.63) is 0 Å². The highest BCUT2D eigenvalue weighted by atomic mass is 16.5. The summed E-state index contributed by atoms with van der Waals surface area (Å²) in [5, 5.41) is 13.3. The largest absolute Gasteiger partial charge is 0.389 e. The zero-order valence-corrected chi connectivity index (χ0v) is 11.2. The molecule has 1 aliphatic rings. The molecule has 1 rings (SSSR count). The predicted molar refractivity (Wildman–Crippen MR) is 66.6 cm³/mol. The summed E-state index contributed by atoms with van der Waals surface area (Å²) in [6.45, 7) is 9.30. The SMILES string of the molecule is CC1(NCC(O)COC(C)(C)C)CCCC1. The molecule has 0 saturated heterocycles. The maximum atomic E-state index is 9.80. The van der Waals surface area contributed by atoms with Gasteiger partial charge in [0.2, 0.25) is 0 Å². The standard InChI is InChI=1S/C13H27NO2/c1-12(2,3)16-10-11(15)9-14-13(4)7-5-6-8-13/h11,14-15H,5-10H2,1-4H3. The lowest BCUT2D eigenvalue weighted by Gasteiger charge is -2.28. The molecule has 0 heterocycles. The maximum Gasteiger partial charge on any atom is 0.0898 e. The van der Waals surface area contributed by atoms with E-state index in [9.17, 15) is 5.11 Å². The monoisotopic (exact) mass is 229 g/mol. The molecule has 0 aromatic carbocycles. The van der Waals surface area contributed by atoms with Crippen LogP contribution in [0.5, 0.6) is 0 Å². The van der Waals surface area contributed by atoms with Gasteiger partial charge in [0.15, 0.2) is 0 Å². The van der Waals surface area contributed by atoms with Crippen LogP contribution >= 0.6 is 0 Å². The van der Waals surface area contributed by atoms with Crippen molar-refractivity contribution < 1.29 is 9.84 Å². The van der Waals surface area contributed by atoms with Crippen LogP contribution in [0.1, 0.15) is 53.4 Å². The summed E-state index contributed by atoms with van der Waals surface area (Å²) < 4.78 is 5.55. The van der Waals surface area contributed by atoms with Crippen molar-refractivity contribution in [2.75, 3.05) is 13.2 Å². The summed E-state index contributed by atoms with van der Waals surface area (Å²) in [5.41, 5.74) is 0.0704. The van der Waals surface area contributed by atoms with Crippen LogP contribution in [0.25, 0.3) is 0 Å². The quantitative estimate of drug-likeness (QED) is 0.758. The number of nitrogens with one attached hydrogen (secondary N) is 1. The van der Waals surface area contributed by atoms with Crippen LogP contribution in [0.2, 0.25) is 0 Å². The lowest BCUT2D eigenvalue weighted by Crippen LogP contribution is -2.45. The molecule has 1 atom stereocenters. The Balaban J connectivity index is 2.17. The first-order valence-corrected chi connectivity index (χ1v) is 6.38. The fourth-order valence-corrected chi connectivity index (χ4v) is 2.10. The molecule has 1 fully saturated rings. The normalized spacial score (nSPS) is 22.3. The molecule has 0 radical (unpaired) electrons. The highest BCUT2D eigenvalue weighted by Crippen LogP contribution is 2.28. The molecule has 1 aliphatic carbocycles. The van der Waals surface area contributed by atoms with Crippen LogP contribution in [0, 0.1) is 0 Å². The first-order valence-electron chi connectivity index (χ1n) is 6.38. The molecule has 0 spiro atoms. The number of rotatable bonds is 5. The Labute approximate surface area is 99.6 Å². The molecular formula is C13H27NO2. The number of hydrogen-bond donors (Lipinski definition) is 2. The Morgan fingerprint density at radius 3 is 2.38 bits per heavy atom. The van der Waals surface area contributed by atoms with Crippen molar-refractivity contribution >= 4 is 0 Å². The minimum Gasteiger partial charge on any atom is -0.389 e. The molecular weight excluding hydrogens is 202 g/mol. The van der Waals surface area contributed by atoms with E-state index in [0.29, 0.717) is 13.2 Å². The second-order valence-electron chi connectivity index (χ2n) is 6.23. The van der Waals surface area contributed by atoms with E-state index in [4.69, 9.17) is 4.74 Å². The molecule has 0 aromatic heterocycles. The lowest BCUT2D eigenvalue weighted by molar-refractivity contribution is -0.0491. The molecule has 3 nitrogen and oxygen atoms in total. The Morgan fingerprint density at radius 2 is 1.88 bits per heavy atom.